The van der Waals surface area contributed by atoms with E-state index in [4.69, 9.17) is 4.74 Å². The van der Waals surface area contributed by atoms with Crippen LogP contribution in [0.25, 0.3) is 0 Å². The van der Waals surface area contributed by atoms with Gasteiger partial charge in [0.05, 0.1) is 0 Å². The molecule has 0 bridgehead atoms. The summed E-state index contributed by atoms with van der Waals surface area (Å²) < 4.78 is 4.71. The number of hydrogen-bond acceptors (Lipinski definition) is 4. The third-order valence-electron chi connectivity index (χ3n) is 1.05. The fourth-order valence-electron chi connectivity index (χ4n) is 0.617. The minimum atomic E-state index is -1.29. The van der Waals surface area contributed by atoms with Gasteiger partial charge in [-0.25, -0.2) is 0 Å². The van der Waals surface area contributed by atoms with Crippen LogP contribution in [0.15, 0.2) is 0 Å². The molecule has 0 spiro atoms. The number of ether oxygens (including phenoxy) is 1. The highest BCUT2D eigenvalue weighted by atomic mass is 32.2. The molecule has 0 aliphatic heterocycles. The minimum absolute atomic E-state index is 0.0771. The maximum Gasteiger partial charge on any atom is 0.219 e. The van der Waals surface area contributed by atoms with Gasteiger partial charge in [-0.15, -0.1) is 11.8 Å². The number of rotatable bonds is 4. The summed E-state index contributed by atoms with van der Waals surface area (Å²) in [5.74, 6) is -0.279. The molecule has 0 aliphatic rings. The Morgan fingerprint density at radius 3 is 2.64 bits per heavy atom. The Balaban J connectivity index is 3.98. The quantitative estimate of drug-likeness (QED) is 0.586. The molecule has 0 saturated carbocycles. The average Bonchev–Trinajstić information content (AvgIpc) is 1.87. The van der Waals surface area contributed by atoms with Crippen LogP contribution in [-0.2, 0) is 9.53 Å². The van der Waals surface area contributed by atoms with Gasteiger partial charge in [0.15, 0.2) is 0 Å². The summed E-state index contributed by atoms with van der Waals surface area (Å²) in [6, 6.07) is 0. The summed E-state index contributed by atoms with van der Waals surface area (Å²) in [6.45, 7) is 1.42. The SMILES string of the molecule is COCC(O)(NC(C)=O)SC. The van der Waals surface area contributed by atoms with Gasteiger partial charge >= 0.3 is 0 Å². The third kappa shape index (κ3) is 4.23. The number of aliphatic hydroxyl groups is 1. The number of thioether (sulfide) groups is 1. The van der Waals surface area contributed by atoms with Crippen LogP contribution < -0.4 is 5.32 Å². The van der Waals surface area contributed by atoms with E-state index in [1.165, 1.54) is 14.0 Å². The number of carbonyl (C=O) groups is 1. The van der Waals surface area contributed by atoms with Crippen LogP contribution >= 0.6 is 11.8 Å². The molecule has 1 atom stereocenters. The molecule has 2 N–H and O–H groups in total. The highest BCUT2D eigenvalue weighted by Crippen LogP contribution is 2.15. The second kappa shape index (κ2) is 4.58. The zero-order valence-electron chi connectivity index (χ0n) is 6.88. The fraction of sp³-hybridized carbons (Fsp3) is 0.833. The molecule has 0 saturated heterocycles. The van der Waals surface area contributed by atoms with Crippen molar-refractivity contribution in [1.29, 1.82) is 0 Å². The van der Waals surface area contributed by atoms with Gasteiger partial charge in [0.25, 0.3) is 0 Å². The first-order valence-electron chi connectivity index (χ1n) is 3.09. The zero-order valence-corrected chi connectivity index (χ0v) is 7.70. The molecular weight excluding hydrogens is 166 g/mol. The van der Waals surface area contributed by atoms with Gasteiger partial charge in [0, 0.05) is 14.0 Å². The van der Waals surface area contributed by atoms with Crippen LogP contribution in [0, 0.1) is 0 Å². The van der Waals surface area contributed by atoms with Crippen LogP contribution in [0.4, 0.5) is 0 Å². The lowest BCUT2D eigenvalue weighted by Gasteiger charge is -2.25. The molecule has 5 heteroatoms. The Bertz CT molecular complexity index is 142. The molecule has 0 fully saturated rings. The average molecular weight is 179 g/mol. The van der Waals surface area contributed by atoms with E-state index in [2.05, 4.69) is 5.32 Å². The van der Waals surface area contributed by atoms with E-state index in [-0.39, 0.29) is 12.5 Å². The second-order valence-corrected chi connectivity index (χ2v) is 3.19. The molecular formula is C6H13NO3S. The topological polar surface area (TPSA) is 58.6 Å². The van der Waals surface area contributed by atoms with Crippen molar-refractivity contribution < 1.29 is 14.6 Å². The largest absolute Gasteiger partial charge is 0.379 e. The summed E-state index contributed by atoms with van der Waals surface area (Å²) in [4.78, 5) is 10.6. The van der Waals surface area contributed by atoms with E-state index < -0.39 is 5.06 Å². The Morgan fingerprint density at radius 2 is 2.36 bits per heavy atom. The minimum Gasteiger partial charge on any atom is -0.379 e. The lowest BCUT2D eigenvalue weighted by atomic mass is 10.5. The first kappa shape index (κ1) is 10.7. The van der Waals surface area contributed by atoms with Gasteiger partial charge in [-0.2, -0.15) is 0 Å². The molecule has 0 aromatic heterocycles. The number of methoxy groups -OCH3 is 1. The highest BCUT2D eigenvalue weighted by Gasteiger charge is 2.25. The number of carbonyl (C=O) groups excluding carboxylic acids is 1. The van der Waals surface area contributed by atoms with Crippen molar-refractivity contribution in [2.45, 2.75) is 12.0 Å². The predicted molar refractivity (Wildman–Crippen MR) is 44.2 cm³/mol. The molecule has 66 valence electrons. The standard InChI is InChI=1S/C6H13NO3S/c1-5(8)7-6(9,11-3)4-10-2/h9H,4H2,1-3H3,(H,7,8). The van der Waals surface area contributed by atoms with E-state index in [1.54, 1.807) is 6.26 Å². The Hall–Kier alpha value is -0.260. The monoisotopic (exact) mass is 179 g/mol. The van der Waals surface area contributed by atoms with Crippen molar-refractivity contribution >= 4 is 17.7 Å². The van der Waals surface area contributed by atoms with Crippen molar-refractivity contribution in [2.24, 2.45) is 0 Å². The summed E-state index contributed by atoms with van der Waals surface area (Å²) in [7, 11) is 1.46. The summed E-state index contributed by atoms with van der Waals surface area (Å²) >= 11 is 1.12. The Morgan fingerprint density at radius 1 is 1.82 bits per heavy atom. The lowest BCUT2D eigenvalue weighted by molar-refractivity contribution is -0.124. The second-order valence-electron chi connectivity index (χ2n) is 2.10. The van der Waals surface area contributed by atoms with Crippen molar-refractivity contribution in [1.82, 2.24) is 5.32 Å². The molecule has 0 aromatic carbocycles. The van der Waals surface area contributed by atoms with E-state index in [0.717, 1.165) is 11.8 Å². The summed E-state index contributed by atoms with van der Waals surface area (Å²) in [5, 5.41) is 10.6. The fourth-order valence-corrected chi connectivity index (χ4v) is 1.10. The van der Waals surface area contributed by atoms with Gasteiger partial charge in [-0.1, -0.05) is 0 Å². The summed E-state index contributed by atoms with van der Waals surface area (Å²) in [5.41, 5.74) is 0. The molecule has 4 nitrogen and oxygen atoms in total. The van der Waals surface area contributed by atoms with Crippen LogP contribution in [0.3, 0.4) is 0 Å². The molecule has 1 unspecified atom stereocenters. The molecule has 0 radical (unpaired) electrons. The van der Waals surface area contributed by atoms with E-state index >= 15 is 0 Å². The van der Waals surface area contributed by atoms with Crippen LogP contribution in [0.2, 0.25) is 0 Å². The van der Waals surface area contributed by atoms with Crippen LogP contribution in [0.1, 0.15) is 6.92 Å². The van der Waals surface area contributed by atoms with Crippen molar-refractivity contribution in [3.05, 3.63) is 0 Å². The van der Waals surface area contributed by atoms with Crippen molar-refractivity contribution in [3.63, 3.8) is 0 Å². The molecule has 0 aromatic rings. The number of amides is 1. The van der Waals surface area contributed by atoms with E-state index in [0.29, 0.717) is 0 Å². The summed E-state index contributed by atoms with van der Waals surface area (Å²) in [6.07, 6.45) is 1.69. The maximum atomic E-state index is 10.6. The van der Waals surface area contributed by atoms with Gasteiger partial charge in [-0.3, -0.25) is 4.79 Å². The van der Waals surface area contributed by atoms with Crippen molar-refractivity contribution in [3.8, 4) is 0 Å². The van der Waals surface area contributed by atoms with Gasteiger partial charge in [-0.05, 0) is 6.26 Å². The number of nitrogens with one attached hydrogen (secondary N) is 1. The highest BCUT2D eigenvalue weighted by molar-refractivity contribution is 7.99. The molecule has 0 aliphatic carbocycles. The number of hydrogen-bond donors (Lipinski definition) is 2. The van der Waals surface area contributed by atoms with Gasteiger partial charge < -0.3 is 15.2 Å². The zero-order chi connectivity index (χ0) is 8.91. The normalized spacial score (nSPS) is 15.6. The van der Waals surface area contributed by atoms with Gasteiger partial charge in [0.2, 0.25) is 11.0 Å². The van der Waals surface area contributed by atoms with Crippen LogP contribution in [0.5, 0.6) is 0 Å². The van der Waals surface area contributed by atoms with E-state index in [1.807, 2.05) is 0 Å². The first-order valence-corrected chi connectivity index (χ1v) is 4.32. The maximum absolute atomic E-state index is 10.6. The molecule has 11 heavy (non-hydrogen) atoms. The Kier molecular flexibility index (Phi) is 4.48. The van der Waals surface area contributed by atoms with Crippen LogP contribution in [-0.4, -0.2) is 36.0 Å². The Labute approximate surface area is 70.3 Å². The smallest absolute Gasteiger partial charge is 0.219 e. The third-order valence-corrected chi connectivity index (χ3v) is 1.94. The molecule has 0 heterocycles. The van der Waals surface area contributed by atoms with Gasteiger partial charge in [0.1, 0.15) is 6.61 Å². The lowest BCUT2D eigenvalue weighted by Crippen LogP contribution is -2.48. The van der Waals surface area contributed by atoms with E-state index in [9.17, 15) is 9.90 Å². The first-order chi connectivity index (χ1) is 5.04. The molecule has 1 amide bonds. The van der Waals surface area contributed by atoms with Crippen molar-refractivity contribution in [2.75, 3.05) is 20.0 Å². The molecule has 0 rings (SSSR count). The predicted octanol–water partition coefficient (Wildman–Crippen LogP) is -0.222.